The van der Waals surface area contributed by atoms with Crippen LogP contribution in [0.4, 0.5) is 0 Å². The van der Waals surface area contributed by atoms with Gasteiger partial charge in [0, 0.05) is 11.0 Å². The largest absolute Gasteiger partial charge is 1.00 e. The van der Waals surface area contributed by atoms with E-state index in [2.05, 4.69) is 0 Å². The van der Waals surface area contributed by atoms with Crippen molar-refractivity contribution in [3.63, 3.8) is 0 Å². The van der Waals surface area contributed by atoms with E-state index < -0.39 is 63.0 Å². The molecule has 6 atom stereocenters. The molecule has 1 unspecified atom stereocenters. The van der Waals surface area contributed by atoms with Gasteiger partial charge in [0.1, 0.15) is 6.10 Å². The van der Waals surface area contributed by atoms with E-state index in [1.807, 2.05) is 6.92 Å². The second-order valence-corrected chi connectivity index (χ2v) is 10.3. The molecule has 0 heterocycles. The Labute approximate surface area is 233 Å². The first kappa shape index (κ1) is 32.7. The molecule has 1 saturated carbocycles. The zero-order valence-electron chi connectivity index (χ0n) is 19.2. The molecule has 2 aliphatic carbocycles. The molecule has 172 valence electrons. The van der Waals surface area contributed by atoms with E-state index in [-0.39, 0.29) is 78.1 Å². The van der Waals surface area contributed by atoms with E-state index in [9.17, 15) is 38.2 Å². The monoisotopic (exact) mass is 492 g/mol. The van der Waals surface area contributed by atoms with Crippen LogP contribution in [0.5, 0.6) is 0 Å². The smallest absolute Gasteiger partial charge is 0.748 e. The van der Waals surface area contributed by atoms with Crippen LogP contribution in [0.3, 0.4) is 0 Å². The van der Waals surface area contributed by atoms with Crippen molar-refractivity contribution >= 4 is 16.1 Å². The summed E-state index contributed by atoms with van der Waals surface area (Å²) < 4.78 is 34.4. The number of aliphatic carboxylic acids is 1. The molecule has 9 nitrogen and oxygen atoms in total. The average Bonchev–Trinajstić information content (AvgIpc) is 2.65. The predicted octanol–water partition coefficient (Wildman–Crippen LogP) is -7.32. The van der Waals surface area contributed by atoms with Gasteiger partial charge in [-0.1, -0.05) is 31.6 Å². The summed E-state index contributed by atoms with van der Waals surface area (Å²) in [5, 5.41) is 50.8. The molecule has 32 heavy (non-hydrogen) atoms. The molecule has 0 aromatic carbocycles. The fourth-order valence-electron chi connectivity index (χ4n) is 5.43. The third kappa shape index (κ3) is 6.89. The minimum Gasteiger partial charge on any atom is -0.748 e. The van der Waals surface area contributed by atoms with Gasteiger partial charge in [0.25, 0.3) is 0 Å². The Kier molecular flexibility index (Phi) is 12.9. The standard InChI is InChI=1S/C20H32O9S.2Na/c1-19-8-7-17(24)20(2,11-22)16(19)6-3-12(10-30(27,28)29)14(19)5-4-13(18(25)26)15(23)9-21;;/h3-4,14-17,21-24H,5-11H2,1-2H3,(H,25,26)(H,27,28,29);;/q;2*+1/p-2/b13-4+;;/t14-,15-,16?,17-,19+,20+;;/m1../s1. The van der Waals surface area contributed by atoms with E-state index in [1.54, 1.807) is 13.0 Å². The summed E-state index contributed by atoms with van der Waals surface area (Å²) in [4.78, 5) is 11.4. The molecule has 4 N–H and O–H groups in total. The molecule has 2 aliphatic rings. The van der Waals surface area contributed by atoms with Crippen LogP contribution in [0.1, 0.15) is 39.5 Å². The molecule has 0 aromatic rings. The summed E-state index contributed by atoms with van der Waals surface area (Å²) in [5.41, 5.74) is -1.65. The van der Waals surface area contributed by atoms with Crippen LogP contribution < -0.4 is 64.2 Å². The first-order valence-corrected chi connectivity index (χ1v) is 11.5. The van der Waals surface area contributed by atoms with Gasteiger partial charge < -0.3 is 34.9 Å². The van der Waals surface area contributed by atoms with Crippen LogP contribution in [-0.4, -0.2) is 70.5 Å². The number of aliphatic hydroxyl groups excluding tert-OH is 4. The molecule has 0 aromatic heterocycles. The molecule has 0 saturated heterocycles. The number of carboxylic acid groups (broad SMARTS) is 1. The normalized spacial score (nSPS) is 33.8. The van der Waals surface area contributed by atoms with E-state index in [1.165, 1.54) is 6.08 Å². The third-order valence-corrected chi connectivity index (χ3v) is 7.88. The van der Waals surface area contributed by atoms with E-state index >= 15 is 0 Å². The third-order valence-electron chi connectivity index (χ3n) is 7.19. The first-order chi connectivity index (χ1) is 13.8. The van der Waals surface area contributed by atoms with Gasteiger partial charge in [-0.25, -0.2) is 8.42 Å². The Bertz CT molecular complexity index is 829. The Morgan fingerprint density at radius 1 is 1.31 bits per heavy atom. The quantitative estimate of drug-likeness (QED) is 0.111. The van der Waals surface area contributed by atoms with Gasteiger partial charge in [-0.2, -0.15) is 0 Å². The molecule has 2 rings (SSSR count). The number of carbonyl (C=O) groups is 1. The summed E-state index contributed by atoms with van der Waals surface area (Å²) in [6.45, 7) is 2.55. The van der Waals surface area contributed by atoms with Crippen molar-refractivity contribution in [1.82, 2.24) is 0 Å². The van der Waals surface area contributed by atoms with Crippen molar-refractivity contribution in [3.8, 4) is 0 Å². The summed E-state index contributed by atoms with van der Waals surface area (Å²) in [5.74, 6) is -3.20. The van der Waals surface area contributed by atoms with Crippen LogP contribution in [-0.2, 0) is 14.9 Å². The zero-order chi connectivity index (χ0) is 22.9. The zero-order valence-corrected chi connectivity index (χ0v) is 24.0. The van der Waals surface area contributed by atoms with Gasteiger partial charge >= 0.3 is 59.1 Å². The number of fused-ring (bicyclic) bond motifs is 1. The van der Waals surface area contributed by atoms with Crippen LogP contribution in [0, 0.1) is 22.7 Å². The van der Waals surface area contributed by atoms with Crippen molar-refractivity contribution in [1.29, 1.82) is 0 Å². The molecule has 0 aliphatic heterocycles. The Morgan fingerprint density at radius 2 is 1.91 bits per heavy atom. The van der Waals surface area contributed by atoms with E-state index in [0.29, 0.717) is 24.8 Å². The molecule has 0 spiro atoms. The van der Waals surface area contributed by atoms with E-state index in [0.717, 1.165) is 0 Å². The molecule has 0 radical (unpaired) electrons. The number of aliphatic hydroxyl groups is 4. The second kappa shape index (κ2) is 12.6. The number of carboxylic acids is 1. The fraction of sp³-hybridized carbons (Fsp3) is 0.750. The topological polar surface area (TPSA) is 178 Å². The number of hydrogen-bond acceptors (Lipinski definition) is 9. The van der Waals surface area contributed by atoms with Crippen molar-refractivity contribution < 1.29 is 102 Å². The Morgan fingerprint density at radius 3 is 2.38 bits per heavy atom. The molecule has 0 bridgehead atoms. The van der Waals surface area contributed by atoms with Gasteiger partial charge in [-0.15, -0.1) is 0 Å². The van der Waals surface area contributed by atoms with Crippen LogP contribution in [0.2, 0.25) is 0 Å². The maximum absolute atomic E-state index is 11.5. The van der Waals surface area contributed by atoms with Crippen molar-refractivity contribution in [2.45, 2.75) is 51.7 Å². The van der Waals surface area contributed by atoms with Crippen LogP contribution in [0.25, 0.3) is 0 Å². The Hall–Kier alpha value is 0.700. The van der Waals surface area contributed by atoms with Crippen molar-refractivity contribution in [2.24, 2.45) is 22.7 Å². The van der Waals surface area contributed by atoms with Crippen molar-refractivity contribution in [3.05, 3.63) is 23.3 Å². The van der Waals surface area contributed by atoms with Gasteiger partial charge in [-0.05, 0) is 42.9 Å². The first-order valence-electron chi connectivity index (χ1n) is 9.92. The van der Waals surface area contributed by atoms with Crippen LogP contribution >= 0.6 is 0 Å². The molecule has 12 heteroatoms. The summed E-state index contributed by atoms with van der Waals surface area (Å²) in [6, 6.07) is 0. The van der Waals surface area contributed by atoms with Crippen LogP contribution in [0.15, 0.2) is 23.3 Å². The van der Waals surface area contributed by atoms with Crippen molar-refractivity contribution in [2.75, 3.05) is 19.0 Å². The number of carbonyl (C=O) groups excluding carboxylic acids is 1. The fourth-order valence-corrected chi connectivity index (χ4v) is 6.15. The minimum atomic E-state index is -4.60. The van der Waals surface area contributed by atoms with Gasteiger partial charge in [-0.3, -0.25) is 0 Å². The predicted molar refractivity (Wildman–Crippen MR) is 104 cm³/mol. The molecular weight excluding hydrogens is 462 g/mol. The molecule has 1 fully saturated rings. The second-order valence-electron chi connectivity index (χ2n) is 8.93. The van der Waals surface area contributed by atoms with Gasteiger partial charge in [0.15, 0.2) is 0 Å². The molecule has 0 amide bonds. The van der Waals surface area contributed by atoms with Gasteiger partial charge in [0.2, 0.25) is 0 Å². The van der Waals surface area contributed by atoms with Gasteiger partial charge in [0.05, 0.1) is 41.2 Å². The summed E-state index contributed by atoms with van der Waals surface area (Å²) >= 11 is 0. The van der Waals surface area contributed by atoms with E-state index in [4.69, 9.17) is 5.11 Å². The maximum Gasteiger partial charge on any atom is 1.00 e. The SMILES string of the molecule is C[C@]1(CO)C2CC=C(CS(=O)(=O)[O-])[C@@H](C/C=C(/C(=O)[O-])[C@H](O)CO)[C@]2(C)CC[C@H]1O.[Na+].[Na+]. The maximum atomic E-state index is 11.5. The average molecular weight is 492 g/mol. The number of rotatable bonds is 8. The summed E-state index contributed by atoms with van der Waals surface area (Å²) in [6.07, 6.45) is 1.60. The number of allylic oxidation sites excluding steroid dienone is 2. The molecular formula is C20H30Na2O9S. The summed E-state index contributed by atoms with van der Waals surface area (Å²) in [7, 11) is -4.60. The minimum absolute atomic E-state index is 0. The number of hydrogen-bond donors (Lipinski definition) is 4. The Balaban J connectivity index is 0.00000480.